The highest BCUT2D eigenvalue weighted by atomic mass is 35.5. The number of nitriles is 1. The lowest BCUT2D eigenvalue weighted by Crippen LogP contribution is -1.94. The number of nitrogens with zero attached hydrogens (tertiary/aromatic N) is 2. The molecular weight excluding hydrogens is 411 g/mol. The monoisotopic (exact) mass is 422 g/mol. The van der Waals surface area contributed by atoms with Crippen molar-refractivity contribution in [2.24, 2.45) is 0 Å². The highest BCUT2D eigenvalue weighted by Gasteiger charge is 2.18. The number of thiazole rings is 1. The SMILES string of the molecule is COc1c(Cl)cc(/C=C(/C#N)c2nc(-c3cccs3)cs2)c(OC)c1Cl. The number of thiophene rings is 1. The molecule has 0 unspecified atom stereocenters. The Morgan fingerprint density at radius 1 is 1.23 bits per heavy atom. The molecule has 0 aliphatic carbocycles. The van der Waals surface area contributed by atoms with Crippen molar-refractivity contribution >= 4 is 57.5 Å². The predicted molar refractivity (Wildman–Crippen MR) is 108 cm³/mol. The van der Waals surface area contributed by atoms with E-state index in [2.05, 4.69) is 11.1 Å². The van der Waals surface area contributed by atoms with Crippen molar-refractivity contribution in [3.05, 3.63) is 49.6 Å². The quantitative estimate of drug-likeness (QED) is 0.455. The summed E-state index contributed by atoms with van der Waals surface area (Å²) in [4.78, 5) is 5.61. The molecule has 2 aromatic heterocycles. The number of hydrogen-bond donors (Lipinski definition) is 0. The summed E-state index contributed by atoms with van der Waals surface area (Å²) >= 11 is 15.5. The fourth-order valence-electron chi connectivity index (χ4n) is 2.34. The van der Waals surface area contributed by atoms with Crippen LogP contribution in [0.3, 0.4) is 0 Å². The van der Waals surface area contributed by atoms with E-state index in [0.717, 1.165) is 10.6 Å². The molecule has 3 rings (SSSR count). The van der Waals surface area contributed by atoms with Crippen LogP contribution < -0.4 is 9.47 Å². The van der Waals surface area contributed by atoms with Crippen LogP contribution in [0.4, 0.5) is 0 Å². The summed E-state index contributed by atoms with van der Waals surface area (Å²) in [7, 11) is 2.97. The Kier molecular flexibility index (Phi) is 5.84. The zero-order valence-electron chi connectivity index (χ0n) is 13.7. The van der Waals surface area contributed by atoms with Crippen molar-refractivity contribution < 1.29 is 9.47 Å². The summed E-state index contributed by atoms with van der Waals surface area (Å²) in [6, 6.07) is 7.79. The van der Waals surface area contributed by atoms with Crippen LogP contribution in [-0.2, 0) is 0 Å². The molecule has 1 aromatic carbocycles. The molecule has 2 heterocycles. The van der Waals surface area contributed by atoms with Crippen LogP contribution in [-0.4, -0.2) is 19.2 Å². The van der Waals surface area contributed by atoms with Gasteiger partial charge in [-0.05, 0) is 23.6 Å². The molecule has 0 aliphatic heterocycles. The van der Waals surface area contributed by atoms with Crippen LogP contribution in [0.1, 0.15) is 10.6 Å². The fourth-order valence-corrected chi connectivity index (χ4v) is 4.59. The Hall–Kier alpha value is -2.04. The van der Waals surface area contributed by atoms with Crippen LogP contribution in [0.15, 0.2) is 29.0 Å². The molecule has 8 heteroatoms. The minimum Gasteiger partial charge on any atom is -0.494 e. The van der Waals surface area contributed by atoms with Gasteiger partial charge in [-0.15, -0.1) is 22.7 Å². The molecule has 0 N–H and O–H groups in total. The molecular formula is C18H12Cl2N2O2S2. The van der Waals surface area contributed by atoms with Gasteiger partial charge in [0, 0.05) is 10.9 Å². The van der Waals surface area contributed by atoms with Crippen molar-refractivity contribution in [2.45, 2.75) is 0 Å². The maximum atomic E-state index is 9.60. The van der Waals surface area contributed by atoms with Crippen LogP contribution in [0.2, 0.25) is 10.0 Å². The molecule has 0 radical (unpaired) electrons. The smallest absolute Gasteiger partial charge is 0.159 e. The largest absolute Gasteiger partial charge is 0.494 e. The number of methoxy groups -OCH3 is 2. The number of ether oxygens (including phenoxy) is 2. The summed E-state index contributed by atoms with van der Waals surface area (Å²) in [5.41, 5.74) is 1.82. The average Bonchev–Trinajstić information content (AvgIpc) is 3.31. The number of benzene rings is 1. The van der Waals surface area contributed by atoms with Crippen LogP contribution >= 0.6 is 45.9 Å². The molecule has 0 saturated carbocycles. The molecule has 0 saturated heterocycles. The highest BCUT2D eigenvalue weighted by Crippen LogP contribution is 2.43. The Morgan fingerprint density at radius 2 is 2.00 bits per heavy atom. The van der Waals surface area contributed by atoms with Gasteiger partial charge in [0.2, 0.25) is 0 Å². The molecule has 0 bridgehead atoms. The highest BCUT2D eigenvalue weighted by molar-refractivity contribution is 7.14. The topological polar surface area (TPSA) is 55.1 Å². The van der Waals surface area contributed by atoms with E-state index in [4.69, 9.17) is 32.7 Å². The third-order valence-electron chi connectivity index (χ3n) is 3.50. The maximum Gasteiger partial charge on any atom is 0.159 e. The molecule has 0 fully saturated rings. The first kappa shape index (κ1) is 18.7. The van der Waals surface area contributed by atoms with Crippen molar-refractivity contribution in [2.75, 3.05) is 14.2 Å². The number of aromatic nitrogens is 1. The van der Waals surface area contributed by atoms with Crippen LogP contribution in [0, 0.1) is 11.3 Å². The van der Waals surface area contributed by atoms with E-state index in [1.165, 1.54) is 25.6 Å². The lowest BCUT2D eigenvalue weighted by molar-refractivity contribution is 0.394. The van der Waals surface area contributed by atoms with Crippen molar-refractivity contribution in [3.8, 4) is 28.1 Å². The Labute approximate surface area is 168 Å². The molecule has 4 nitrogen and oxygen atoms in total. The number of allylic oxidation sites excluding steroid dienone is 1. The van der Waals surface area contributed by atoms with E-state index < -0.39 is 0 Å². The van der Waals surface area contributed by atoms with Crippen LogP contribution in [0.25, 0.3) is 22.2 Å². The number of rotatable bonds is 5. The van der Waals surface area contributed by atoms with E-state index in [9.17, 15) is 5.26 Å². The summed E-state index contributed by atoms with van der Waals surface area (Å²) in [5, 5.41) is 14.7. The van der Waals surface area contributed by atoms with Gasteiger partial charge in [0.05, 0.1) is 35.4 Å². The van der Waals surface area contributed by atoms with Gasteiger partial charge in [0.1, 0.15) is 21.8 Å². The second-order valence-electron chi connectivity index (χ2n) is 5.01. The van der Waals surface area contributed by atoms with Gasteiger partial charge in [0.25, 0.3) is 0 Å². The summed E-state index contributed by atoms with van der Waals surface area (Å²) in [5.74, 6) is 0.714. The predicted octanol–water partition coefficient (Wildman–Crippen LogP) is 6.26. The summed E-state index contributed by atoms with van der Waals surface area (Å²) in [6.07, 6.45) is 1.66. The normalized spacial score (nSPS) is 11.3. The second-order valence-corrected chi connectivity index (χ2v) is 7.60. The fraction of sp³-hybridized carbons (Fsp3) is 0.111. The van der Waals surface area contributed by atoms with Crippen LogP contribution in [0.5, 0.6) is 11.5 Å². The molecule has 26 heavy (non-hydrogen) atoms. The third-order valence-corrected chi connectivity index (χ3v) is 5.89. The minimum absolute atomic E-state index is 0.254. The van der Waals surface area contributed by atoms with Crippen molar-refractivity contribution in [3.63, 3.8) is 0 Å². The lowest BCUT2D eigenvalue weighted by Gasteiger charge is -2.13. The average molecular weight is 423 g/mol. The van der Waals surface area contributed by atoms with E-state index in [1.807, 2.05) is 22.9 Å². The molecule has 0 atom stereocenters. The Morgan fingerprint density at radius 3 is 2.62 bits per heavy atom. The van der Waals surface area contributed by atoms with Gasteiger partial charge in [-0.1, -0.05) is 29.3 Å². The van der Waals surface area contributed by atoms with Gasteiger partial charge in [0.15, 0.2) is 5.75 Å². The summed E-state index contributed by atoms with van der Waals surface area (Å²) in [6.45, 7) is 0. The molecule has 132 valence electrons. The van der Waals surface area contributed by atoms with Gasteiger partial charge in [-0.3, -0.25) is 0 Å². The third kappa shape index (κ3) is 3.57. The van der Waals surface area contributed by atoms with E-state index in [1.54, 1.807) is 23.5 Å². The zero-order valence-corrected chi connectivity index (χ0v) is 16.9. The second kappa shape index (κ2) is 8.11. The van der Waals surface area contributed by atoms with Crippen molar-refractivity contribution in [1.82, 2.24) is 4.98 Å². The molecule has 0 amide bonds. The number of hydrogen-bond acceptors (Lipinski definition) is 6. The maximum absolute atomic E-state index is 9.60. The minimum atomic E-state index is 0.254. The van der Waals surface area contributed by atoms with Crippen molar-refractivity contribution in [1.29, 1.82) is 5.26 Å². The standard InChI is InChI=1S/C18H12Cl2N2O2S2/c1-23-16-10(7-12(19)17(24-2)15(16)20)6-11(8-21)18-22-13(9-26-18)14-4-3-5-25-14/h3-7,9H,1-2H3/b11-6-. The van der Waals surface area contributed by atoms with E-state index in [0.29, 0.717) is 32.7 Å². The van der Waals surface area contributed by atoms with E-state index >= 15 is 0 Å². The first-order valence-corrected chi connectivity index (χ1v) is 9.82. The van der Waals surface area contributed by atoms with Gasteiger partial charge >= 0.3 is 0 Å². The van der Waals surface area contributed by atoms with Gasteiger partial charge in [-0.2, -0.15) is 5.26 Å². The van der Waals surface area contributed by atoms with E-state index in [-0.39, 0.29) is 5.02 Å². The first-order chi connectivity index (χ1) is 12.6. The molecule has 0 spiro atoms. The zero-order chi connectivity index (χ0) is 18.7. The summed E-state index contributed by atoms with van der Waals surface area (Å²) < 4.78 is 10.6. The first-order valence-electron chi connectivity index (χ1n) is 7.30. The van der Waals surface area contributed by atoms with Gasteiger partial charge < -0.3 is 9.47 Å². The Balaban J connectivity index is 2.07. The number of halogens is 2. The Bertz CT molecular complexity index is 1010. The molecule has 3 aromatic rings. The lowest BCUT2D eigenvalue weighted by atomic mass is 10.1. The molecule has 0 aliphatic rings. The van der Waals surface area contributed by atoms with Gasteiger partial charge in [-0.25, -0.2) is 4.98 Å².